The van der Waals surface area contributed by atoms with E-state index in [1.807, 2.05) is 12.1 Å². The number of rotatable bonds is 3. The van der Waals surface area contributed by atoms with Crippen molar-refractivity contribution in [2.45, 2.75) is 6.54 Å². The van der Waals surface area contributed by atoms with E-state index in [2.05, 4.69) is 4.98 Å². The standard InChI is InChI=1S/C14H11F2N3O/c15-9-4-3-5-11(13(9)16)20-14-10(8-17)19-7-2-1-6-12(19)18-14/h1-7H,8,17H2. The van der Waals surface area contributed by atoms with Crippen LogP contribution >= 0.6 is 0 Å². The number of nitrogens with two attached hydrogens (primary N) is 1. The Hall–Kier alpha value is -2.47. The van der Waals surface area contributed by atoms with Crippen molar-refractivity contribution in [1.82, 2.24) is 9.38 Å². The largest absolute Gasteiger partial charge is 0.434 e. The summed E-state index contributed by atoms with van der Waals surface area (Å²) < 4.78 is 33.9. The molecule has 2 aromatic heterocycles. The minimum atomic E-state index is -1.05. The van der Waals surface area contributed by atoms with Crippen LogP contribution in [-0.2, 0) is 6.54 Å². The molecule has 0 saturated heterocycles. The van der Waals surface area contributed by atoms with Crippen molar-refractivity contribution >= 4 is 5.65 Å². The van der Waals surface area contributed by atoms with Crippen molar-refractivity contribution in [3.63, 3.8) is 0 Å². The normalized spacial score (nSPS) is 10.9. The first-order valence-electron chi connectivity index (χ1n) is 5.98. The molecule has 102 valence electrons. The summed E-state index contributed by atoms with van der Waals surface area (Å²) in [7, 11) is 0. The Labute approximate surface area is 113 Å². The Morgan fingerprint density at radius 2 is 2.00 bits per heavy atom. The van der Waals surface area contributed by atoms with Gasteiger partial charge in [-0.15, -0.1) is 0 Å². The Morgan fingerprint density at radius 3 is 2.80 bits per heavy atom. The van der Waals surface area contributed by atoms with E-state index >= 15 is 0 Å². The maximum atomic E-state index is 13.6. The molecule has 0 amide bonds. The number of fused-ring (bicyclic) bond motifs is 1. The third kappa shape index (κ3) is 2.00. The van der Waals surface area contributed by atoms with Crippen LogP contribution in [0.1, 0.15) is 5.69 Å². The second-order valence-corrected chi connectivity index (χ2v) is 4.15. The van der Waals surface area contributed by atoms with Crippen molar-refractivity contribution < 1.29 is 13.5 Å². The van der Waals surface area contributed by atoms with Gasteiger partial charge in [-0.1, -0.05) is 12.1 Å². The van der Waals surface area contributed by atoms with Gasteiger partial charge in [-0.05, 0) is 24.3 Å². The molecular weight excluding hydrogens is 264 g/mol. The molecule has 3 aromatic rings. The molecule has 2 N–H and O–H groups in total. The molecule has 0 bridgehead atoms. The molecular formula is C14H11F2N3O. The van der Waals surface area contributed by atoms with Crippen molar-refractivity contribution in [1.29, 1.82) is 0 Å². The van der Waals surface area contributed by atoms with Crippen LogP contribution in [0.15, 0.2) is 42.6 Å². The monoisotopic (exact) mass is 275 g/mol. The molecule has 6 heteroatoms. The summed E-state index contributed by atoms with van der Waals surface area (Å²) >= 11 is 0. The maximum absolute atomic E-state index is 13.6. The van der Waals surface area contributed by atoms with Crippen LogP contribution in [0.25, 0.3) is 5.65 Å². The van der Waals surface area contributed by atoms with Crippen LogP contribution < -0.4 is 10.5 Å². The molecule has 20 heavy (non-hydrogen) atoms. The van der Waals surface area contributed by atoms with Gasteiger partial charge in [0.05, 0.1) is 0 Å². The number of hydrogen-bond acceptors (Lipinski definition) is 3. The van der Waals surface area contributed by atoms with Gasteiger partial charge in [-0.25, -0.2) is 4.39 Å². The number of benzene rings is 1. The van der Waals surface area contributed by atoms with Gasteiger partial charge in [-0.2, -0.15) is 9.37 Å². The van der Waals surface area contributed by atoms with E-state index in [1.54, 1.807) is 16.7 Å². The van der Waals surface area contributed by atoms with Gasteiger partial charge < -0.3 is 10.5 Å². The first-order valence-corrected chi connectivity index (χ1v) is 5.98. The summed E-state index contributed by atoms with van der Waals surface area (Å²) in [6.07, 6.45) is 1.78. The number of ether oxygens (including phenoxy) is 1. The second-order valence-electron chi connectivity index (χ2n) is 4.15. The third-order valence-corrected chi connectivity index (χ3v) is 2.91. The summed E-state index contributed by atoms with van der Waals surface area (Å²) in [6, 6.07) is 9.13. The highest BCUT2D eigenvalue weighted by molar-refractivity contribution is 5.46. The first-order chi connectivity index (χ1) is 9.70. The van der Waals surface area contributed by atoms with Crippen molar-refractivity contribution in [3.05, 3.63) is 59.9 Å². The Morgan fingerprint density at radius 1 is 1.15 bits per heavy atom. The van der Waals surface area contributed by atoms with Gasteiger partial charge in [0.25, 0.3) is 0 Å². The van der Waals surface area contributed by atoms with Gasteiger partial charge in [-0.3, -0.25) is 4.40 Å². The smallest absolute Gasteiger partial charge is 0.242 e. The van der Waals surface area contributed by atoms with Crippen LogP contribution in [0.4, 0.5) is 8.78 Å². The molecule has 0 atom stereocenters. The molecule has 3 rings (SSSR count). The van der Waals surface area contributed by atoms with E-state index in [-0.39, 0.29) is 18.2 Å². The Bertz CT molecular complexity index is 770. The van der Waals surface area contributed by atoms with Crippen LogP contribution in [0.5, 0.6) is 11.6 Å². The maximum Gasteiger partial charge on any atom is 0.242 e. The van der Waals surface area contributed by atoms with Crippen LogP contribution in [0.3, 0.4) is 0 Å². The molecule has 0 fully saturated rings. The predicted molar refractivity (Wildman–Crippen MR) is 69.5 cm³/mol. The number of imidazole rings is 1. The van der Waals surface area contributed by atoms with Crippen molar-refractivity contribution in [2.75, 3.05) is 0 Å². The minimum Gasteiger partial charge on any atom is -0.434 e. The fourth-order valence-electron chi connectivity index (χ4n) is 1.96. The van der Waals surface area contributed by atoms with E-state index in [4.69, 9.17) is 10.5 Å². The lowest BCUT2D eigenvalue weighted by atomic mass is 10.3. The lowest BCUT2D eigenvalue weighted by Gasteiger charge is -2.06. The van der Waals surface area contributed by atoms with Crippen LogP contribution in [-0.4, -0.2) is 9.38 Å². The third-order valence-electron chi connectivity index (χ3n) is 2.91. The zero-order chi connectivity index (χ0) is 14.1. The van der Waals surface area contributed by atoms with Crippen molar-refractivity contribution in [2.24, 2.45) is 5.73 Å². The first kappa shape index (κ1) is 12.6. The average molecular weight is 275 g/mol. The summed E-state index contributed by atoms with van der Waals surface area (Å²) in [5, 5.41) is 0. The molecule has 2 heterocycles. The van der Waals surface area contributed by atoms with Gasteiger partial charge in [0.15, 0.2) is 11.6 Å². The summed E-state index contributed by atoms with van der Waals surface area (Å²) in [5.41, 5.74) is 6.89. The molecule has 0 aliphatic rings. The number of hydrogen-bond donors (Lipinski definition) is 1. The lowest BCUT2D eigenvalue weighted by molar-refractivity contribution is 0.403. The number of halogens is 2. The lowest BCUT2D eigenvalue weighted by Crippen LogP contribution is -2.03. The van der Waals surface area contributed by atoms with Gasteiger partial charge >= 0.3 is 0 Å². The van der Waals surface area contributed by atoms with Gasteiger partial charge in [0, 0.05) is 12.7 Å². The Balaban J connectivity index is 2.08. The number of nitrogens with zero attached hydrogens (tertiary/aromatic N) is 2. The van der Waals surface area contributed by atoms with Gasteiger partial charge in [0.1, 0.15) is 11.3 Å². The molecule has 0 aliphatic carbocycles. The van der Waals surface area contributed by atoms with Crippen molar-refractivity contribution in [3.8, 4) is 11.6 Å². The average Bonchev–Trinajstić information content (AvgIpc) is 2.81. The van der Waals surface area contributed by atoms with E-state index < -0.39 is 11.6 Å². The molecule has 0 aliphatic heterocycles. The van der Waals surface area contributed by atoms with E-state index in [1.165, 1.54) is 12.1 Å². The van der Waals surface area contributed by atoms with E-state index in [0.29, 0.717) is 11.3 Å². The fraction of sp³-hybridized carbons (Fsp3) is 0.0714. The zero-order valence-corrected chi connectivity index (χ0v) is 10.4. The molecule has 0 radical (unpaired) electrons. The summed E-state index contributed by atoms with van der Waals surface area (Å²) in [4.78, 5) is 4.22. The quantitative estimate of drug-likeness (QED) is 0.799. The number of aromatic nitrogens is 2. The highest BCUT2D eigenvalue weighted by Crippen LogP contribution is 2.28. The van der Waals surface area contributed by atoms with Gasteiger partial charge in [0.2, 0.25) is 11.7 Å². The molecule has 4 nitrogen and oxygen atoms in total. The SMILES string of the molecule is NCc1c(Oc2cccc(F)c2F)nc2ccccn12. The Kier molecular flexibility index (Phi) is 3.08. The zero-order valence-electron chi connectivity index (χ0n) is 10.4. The summed E-state index contributed by atoms with van der Waals surface area (Å²) in [5.74, 6) is -2.07. The molecule has 1 aromatic carbocycles. The molecule has 0 spiro atoms. The molecule has 0 unspecified atom stereocenters. The summed E-state index contributed by atoms with van der Waals surface area (Å²) in [6.45, 7) is 0.164. The fourth-order valence-corrected chi connectivity index (χ4v) is 1.96. The highest BCUT2D eigenvalue weighted by atomic mass is 19.2. The minimum absolute atomic E-state index is 0.164. The topological polar surface area (TPSA) is 52.5 Å². The predicted octanol–water partition coefficient (Wildman–Crippen LogP) is 2.86. The highest BCUT2D eigenvalue weighted by Gasteiger charge is 2.16. The van der Waals surface area contributed by atoms with E-state index in [0.717, 1.165) is 6.07 Å². The van der Waals surface area contributed by atoms with Crippen LogP contribution in [0, 0.1) is 11.6 Å². The molecule has 0 saturated carbocycles. The van der Waals surface area contributed by atoms with Crippen LogP contribution in [0.2, 0.25) is 0 Å². The number of pyridine rings is 1. The second kappa shape index (κ2) is 4.90. The van der Waals surface area contributed by atoms with E-state index in [9.17, 15) is 8.78 Å².